The van der Waals surface area contributed by atoms with Gasteiger partial charge in [0.15, 0.2) is 5.67 Å². The van der Waals surface area contributed by atoms with Gasteiger partial charge in [-0.25, -0.2) is 4.39 Å². The second kappa shape index (κ2) is 5.96. The SMILES string of the molecule is C[C@@]1(F)CC[C@@](C)(C2=CC([N+](=O)[O-])=CC=C=C2)NC1=O.[Ni]. The standard InChI is InChI=1S/C14H15FN2O3.Ni/c1-13(15)7-8-14(2,16-12(13)18)10-5-3-4-6-11(9-10)17(19)20;/h4-6,9H,7-8H2,1-2H3,(H,16,18);/t13-,14+;/m1./s1. The first-order valence-corrected chi connectivity index (χ1v) is 6.25. The van der Waals surface area contributed by atoms with E-state index in [2.05, 4.69) is 11.0 Å². The van der Waals surface area contributed by atoms with Crippen molar-refractivity contribution in [2.75, 3.05) is 0 Å². The van der Waals surface area contributed by atoms with E-state index in [0.717, 1.165) is 0 Å². The third-order valence-electron chi connectivity index (χ3n) is 3.70. The van der Waals surface area contributed by atoms with Gasteiger partial charge in [0.05, 0.1) is 10.5 Å². The number of carbonyl (C=O) groups excluding carboxylic acids is 1. The molecular weight excluding hydrogens is 322 g/mol. The van der Waals surface area contributed by atoms with Crippen LogP contribution >= 0.6 is 0 Å². The summed E-state index contributed by atoms with van der Waals surface area (Å²) in [5, 5.41) is 13.5. The molecule has 116 valence electrons. The smallest absolute Gasteiger partial charge is 0.270 e. The molecule has 1 heterocycles. The number of nitrogens with one attached hydrogen (secondary N) is 1. The fourth-order valence-electron chi connectivity index (χ4n) is 2.21. The van der Waals surface area contributed by atoms with Gasteiger partial charge in [0.25, 0.3) is 11.6 Å². The summed E-state index contributed by atoms with van der Waals surface area (Å²) in [6.45, 7) is 2.97. The van der Waals surface area contributed by atoms with Crippen LogP contribution in [-0.2, 0) is 21.3 Å². The molecule has 7 heteroatoms. The average Bonchev–Trinajstić information content (AvgIpc) is 2.61. The van der Waals surface area contributed by atoms with Crippen molar-refractivity contribution in [3.63, 3.8) is 0 Å². The Bertz CT molecular complexity index is 603. The Labute approximate surface area is 131 Å². The molecule has 1 saturated heterocycles. The third-order valence-corrected chi connectivity index (χ3v) is 3.70. The summed E-state index contributed by atoms with van der Waals surface area (Å²) in [6, 6.07) is 0. The van der Waals surface area contributed by atoms with Crippen molar-refractivity contribution >= 4 is 5.91 Å². The van der Waals surface area contributed by atoms with Crippen LogP contribution < -0.4 is 5.32 Å². The molecule has 1 fully saturated rings. The van der Waals surface area contributed by atoms with Gasteiger partial charge in [-0.05, 0) is 44.4 Å². The molecule has 1 aliphatic heterocycles. The van der Waals surface area contributed by atoms with E-state index < -0.39 is 22.0 Å². The summed E-state index contributed by atoms with van der Waals surface area (Å²) < 4.78 is 13.9. The maximum absolute atomic E-state index is 13.9. The van der Waals surface area contributed by atoms with Crippen LogP contribution in [0.1, 0.15) is 26.7 Å². The molecule has 2 rings (SSSR count). The van der Waals surface area contributed by atoms with Crippen LogP contribution in [0, 0.1) is 10.1 Å². The summed E-state index contributed by atoms with van der Waals surface area (Å²) >= 11 is 0. The Balaban J connectivity index is 0.00000220. The summed E-state index contributed by atoms with van der Waals surface area (Å²) in [5.74, 6) is -0.694. The minimum absolute atomic E-state index is 0. The van der Waals surface area contributed by atoms with Gasteiger partial charge in [0.1, 0.15) is 0 Å². The minimum Gasteiger partial charge on any atom is -0.344 e. The largest absolute Gasteiger partial charge is 0.344 e. The van der Waals surface area contributed by atoms with E-state index in [1.165, 1.54) is 25.2 Å². The molecule has 0 radical (unpaired) electrons. The van der Waals surface area contributed by atoms with Gasteiger partial charge >= 0.3 is 0 Å². The Morgan fingerprint density at radius 3 is 2.67 bits per heavy atom. The molecule has 2 atom stereocenters. The number of halogens is 1. The number of allylic oxidation sites excluding steroid dienone is 2. The molecule has 0 unspecified atom stereocenters. The number of hydrogen-bond acceptors (Lipinski definition) is 3. The zero-order valence-corrected chi connectivity index (χ0v) is 12.6. The monoisotopic (exact) mass is 336 g/mol. The van der Waals surface area contributed by atoms with E-state index in [1.807, 2.05) is 0 Å². The summed E-state index contributed by atoms with van der Waals surface area (Å²) in [6.07, 6.45) is 6.17. The van der Waals surface area contributed by atoms with Crippen LogP contribution in [0.2, 0.25) is 0 Å². The first-order valence-electron chi connectivity index (χ1n) is 6.25. The summed E-state index contributed by atoms with van der Waals surface area (Å²) in [4.78, 5) is 22.2. The topological polar surface area (TPSA) is 72.2 Å². The van der Waals surface area contributed by atoms with Crippen LogP contribution in [-0.4, -0.2) is 22.0 Å². The van der Waals surface area contributed by atoms with Crippen molar-refractivity contribution in [3.8, 4) is 0 Å². The number of piperidine rings is 1. The molecule has 0 aromatic rings. The zero-order valence-electron chi connectivity index (χ0n) is 11.6. The third kappa shape index (κ3) is 3.49. The van der Waals surface area contributed by atoms with Crippen molar-refractivity contribution in [1.82, 2.24) is 5.32 Å². The van der Waals surface area contributed by atoms with Crippen molar-refractivity contribution in [1.29, 1.82) is 0 Å². The number of rotatable bonds is 2. The van der Waals surface area contributed by atoms with Gasteiger partial charge in [-0.15, -0.1) is 5.73 Å². The molecule has 0 saturated carbocycles. The normalized spacial score (nSPS) is 31.5. The molecule has 1 amide bonds. The van der Waals surface area contributed by atoms with Gasteiger partial charge in [-0.1, -0.05) is 0 Å². The van der Waals surface area contributed by atoms with E-state index in [1.54, 1.807) is 13.0 Å². The molecule has 1 aliphatic carbocycles. The van der Waals surface area contributed by atoms with Crippen LogP contribution in [0.15, 0.2) is 41.3 Å². The number of carbonyl (C=O) groups is 1. The van der Waals surface area contributed by atoms with Crippen LogP contribution in [0.25, 0.3) is 0 Å². The number of hydrogen-bond donors (Lipinski definition) is 1. The molecule has 5 nitrogen and oxygen atoms in total. The predicted molar refractivity (Wildman–Crippen MR) is 71.1 cm³/mol. The van der Waals surface area contributed by atoms with Crippen molar-refractivity contribution in [2.45, 2.75) is 37.9 Å². The number of amides is 1. The van der Waals surface area contributed by atoms with Gasteiger partial charge in [0.2, 0.25) is 0 Å². The van der Waals surface area contributed by atoms with Crippen LogP contribution in [0.5, 0.6) is 0 Å². The Morgan fingerprint density at radius 2 is 2.10 bits per heavy atom. The fraction of sp³-hybridized carbons (Fsp3) is 0.429. The van der Waals surface area contributed by atoms with Crippen molar-refractivity contribution in [2.24, 2.45) is 0 Å². The molecule has 1 N–H and O–H groups in total. The molecule has 0 aromatic carbocycles. The second-order valence-electron chi connectivity index (χ2n) is 5.41. The Hall–Kier alpha value is -1.71. The van der Waals surface area contributed by atoms with Crippen LogP contribution in [0.4, 0.5) is 4.39 Å². The quantitative estimate of drug-likeness (QED) is 0.363. The fourth-order valence-corrected chi connectivity index (χ4v) is 2.21. The number of nitrogens with zero attached hydrogens (tertiary/aromatic N) is 1. The predicted octanol–water partition coefficient (Wildman–Crippen LogP) is 2.19. The van der Waals surface area contributed by atoms with E-state index in [9.17, 15) is 19.3 Å². The van der Waals surface area contributed by atoms with E-state index in [-0.39, 0.29) is 28.6 Å². The van der Waals surface area contributed by atoms with Crippen molar-refractivity contribution in [3.05, 3.63) is 51.4 Å². The van der Waals surface area contributed by atoms with Gasteiger partial charge in [0, 0.05) is 28.6 Å². The van der Waals surface area contributed by atoms with Gasteiger partial charge < -0.3 is 5.32 Å². The maximum atomic E-state index is 13.9. The molecule has 0 bridgehead atoms. The summed E-state index contributed by atoms with van der Waals surface area (Å²) in [5.41, 5.74) is 0.517. The second-order valence-corrected chi connectivity index (χ2v) is 5.41. The number of alkyl halides is 1. The first kappa shape index (κ1) is 17.3. The molecule has 0 aromatic heterocycles. The van der Waals surface area contributed by atoms with E-state index in [0.29, 0.717) is 12.0 Å². The van der Waals surface area contributed by atoms with Crippen molar-refractivity contribution < 1.29 is 30.6 Å². The minimum atomic E-state index is -1.90. The van der Waals surface area contributed by atoms with Gasteiger partial charge in [-0.3, -0.25) is 14.9 Å². The Morgan fingerprint density at radius 1 is 1.43 bits per heavy atom. The Kier molecular flexibility index (Phi) is 4.92. The van der Waals surface area contributed by atoms with E-state index in [4.69, 9.17) is 0 Å². The maximum Gasteiger partial charge on any atom is 0.270 e. The van der Waals surface area contributed by atoms with E-state index >= 15 is 0 Å². The zero-order chi connectivity index (χ0) is 15.0. The average molecular weight is 337 g/mol. The summed E-state index contributed by atoms with van der Waals surface area (Å²) in [7, 11) is 0. The van der Waals surface area contributed by atoms with Gasteiger partial charge in [-0.2, -0.15) is 0 Å². The van der Waals surface area contributed by atoms with Crippen LogP contribution in [0.3, 0.4) is 0 Å². The number of nitro groups is 1. The molecule has 21 heavy (non-hydrogen) atoms. The molecule has 0 spiro atoms. The molecule has 2 aliphatic rings. The first-order chi connectivity index (χ1) is 9.24. The molecular formula is C14H15FN2NiO3.